The summed E-state index contributed by atoms with van der Waals surface area (Å²) in [5, 5.41) is 0.327. The van der Waals surface area contributed by atoms with Gasteiger partial charge in [-0.2, -0.15) is 0 Å². The topological polar surface area (TPSA) is 9.23 Å². The Labute approximate surface area is 153 Å². The third-order valence-electron chi connectivity index (χ3n) is 8.09. The molecular formula is C22H44OSi. The molecule has 0 aromatic heterocycles. The molecule has 0 N–H and O–H groups in total. The maximum Gasteiger partial charge on any atom is 0.192 e. The zero-order valence-corrected chi connectivity index (χ0v) is 18.9. The van der Waals surface area contributed by atoms with E-state index in [1.54, 1.807) is 0 Å². The molecule has 0 aliphatic heterocycles. The van der Waals surface area contributed by atoms with Gasteiger partial charge in [0.2, 0.25) is 0 Å². The van der Waals surface area contributed by atoms with Gasteiger partial charge in [-0.05, 0) is 67.0 Å². The fourth-order valence-corrected chi connectivity index (χ4v) is 6.91. The highest BCUT2D eigenvalue weighted by atomic mass is 28.4. The summed E-state index contributed by atoms with van der Waals surface area (Å²) in [7, 11) is -1.66. The zero-order valence-electron chi connectivity index (χ0n) is 17.9. The molecule has 2 fully saturated rings. The minimum Gasteiger partial charge on any atom is -0.414 e. The largest absolute Gasteiger partial charge is 0.414 e. The lowest BCUT2D eigenvalue weighted by Gasteiger charge is -2.50. The molecule has 0 radical (unpaired) electrons. The van der Waals surface area contributed by atoms with Crippen LogP contribution in [0, 0.1) is 23.2 Å². The predicted octanol–water partition coefficient (Wildman–Crippen LogP) is 7.42. The highest BCUT2D eigenvalue weighted by Gasteiger charge is 2.54. The van der Waals surface area contributed by atoms with Gasteiger partial charge in [0.05, 0.1) is 0 Å². The fraction of sp³-hybridized carbons (Fsp3) is 1.00. The third kappa shape index (κ3) is 3.95. The van der Waals surface area contributed by atoms with Crippen molar-refractivity contribution in [1.29, 1.82) is 0 Å². The van der Waals surface area contributed by atoms with Gasteiger partial charge in [-0.1, -0.05) is 67.2 Å². The second kappa shape index (κ2) is 7.43. The number of fused-ring (bicyclic) bond motifs is 1. The molecule has 5 atom stereocenters. The van der Waals surface area contributed by atoms with Gasteiger partial charge < -0.3 is 4.43 Å². The van der Waals surface area contributed by atoms with Crippen molar-refractivity contribution in [3.05, 3.63) is 0 Å². The number of rotatable bonds is 6. The van der Waals surface area contributed by atoms with Crippen molar-refractivity contribution in [2.24, 2.45) is 23.2 Å². The summed E-state index contributed by atoms with van der Waals surface area (Å²) in [6.45, 7) is 19.5. The maximum atomic E-state index is 6.97. The highest BCUT2D eigenvalue weighted by molar-refractivity contribution is 6.74. The Bertz CT molecular complexity index is 411. The second-order valence-corrected chi connectivity index (χ2v) is 15.5. The standard InChI is InChI=1S/C22H44OSi/c1-9-10-12-17(2)18-14-15-19-20(13-11-16-22(18,19)6)23-24(7,8)21(3,4)5/h17-20H,9-16H2,1-8H3/t17-,18+,19-,20-,22+/m0/s1. The Kier molecular flexibility index (Phi) is 6.34. The zero-order chi connectivity index (χ0) is 18.2. The van der Waals surface area contributed by atoms with Crippen molar-refractivity contribution in [2.45, 2.75) is 117 Å². The van der Waals surface area contributed by atoms with Crippen molar-refractivity contribution in [1.82, 2.24) is 0 Å². The van der Waals surface area contributed by atoms with E-state index < -0.39 is 8.32 Å². The SMILES string of the molecule is CCCC[C@H](C)[C@H]1CC[C@H]2[C@@H](O[Si](C)(C)C(C)(C)C)CCC[C@]12C. The molecule has 0 saturated heterocycles. The number of hydrogen-bond donors (Lipinski definition) is 0. The van der Waals surface area contributed by atoms with Gasteiger partial charge in [-0.3, -0.25) is 0 Å². The first-order valence-corrected chi connectivity index (χ1v) is 13.6. The normalized spacial score (nSPS) is 35.8. The Hall–Kier alpha value is 0.177. The highest BCUT2D eigenvalue weighted by Crippen LogP contribution is 2.59. The Morgan fingerprint density at radius 2 is 1.83 bits per heavy atom. The van der Waals surface area contributed by atoms with Crippen LogP contribution in [0.3, 0.4) is 0 Å². The molecule has 0 bridgehead atoms. The van der Waals surface area contributed by atoms with Crippen molar-refractivity contribution >= 4 is 8.32 Å². The van der Waals surface area contributed by atoms with Gasteiger partial charge in [0.15, 0.2) is 8.32 Å². The lowest BCUT2D eigenvalue weighted by atomic mass is 9.61. The molecule has 2 rings (SSSR count). The molecule has 0 unspecified atom stereocenters. The van der Waals surface area contributed by atoms with Crippen LogP contribution >= 0.6 is 0 Å². The number of hydrogen-bond acceptors (Lipinski definition) is 1. The van der Waals surface area contributed by atoms with E-state index in [0.717, 1.165) is 17.8 Å². The first-order chi connectivity index (χ1) is 11.0. The van der Waals surface area contributed by atoms with Crippen molar-refractivity contribution in [3.63, 3.8) is 0 Å². The molecule has 24 heavy (non-hydrogen) atoms. The molecule has 0 spiro atoms. The summed E-state index contributed by atoms with van der Waals surface area (Å²) < 4.78 is 6.97. The molecule has 0 aromatic rings. The Morgan fingerprint density at radius 3 is 2.42 bits per heavy atom. The fourth-order valence-electron chi connectivity index (χ4n) is 5.52. The van der Waals surface area contributed by atoms with Crippen LogP contribution in [0.2, 0.25) is 18.1 Å². The molecule has 0 heterocycles. The van der Waals surface area contributed by atoms with Gasteiger partial charge in [-0.25, -0.2) is 0 Å². The van der Waals surface area contributed by atoms with Crippen LogP contribution in [0.4, 0.5) is 0 Å². The summed E-state index contributed by atoms with van der Waals surface area (Å²) in [6.07, 6.45) is 11.7. The summed E-state index contributed by atoms with van der Waals surface area (Å²) in [4.78, 5) is 0. The molecule has 2 heteroatoms. The second-order valence-electron chi connectivity index (χ2n) is 10.7. The molecule has 0 amide bonds. The molecule has 2 saturated carbocycles. The van der Waals surface area contributed by atoms with Crippen LogP contribution in [0.15, 0.2) is 0 Å². The van der Waals surface area contributed by atoms with Gasteiger partial charge in [-0.15, -0.1) is 0 Å². The maximum absolute atomic E-state index is 6.97. The number of unbranched alkanes of at least 4 members (excludes halogenated alkanes) is 1. The van der Waals surface area contributed by atoms with E-state index in [0.29, 0.717) is 16.6 Å². The first-order valence-electron chi connectivity index (χ1n) is 10.7. The van der Waals surface area contributed by atoms with Gasteiger partial charge in [0, 0.05) is 6.10 Å². The van der Waals surface area contributed by atoms with E-state index in [-0.39, 0.29) is 0 Å². The summed E-state index contributed by atoms with van der Waals surface area (Å²) >= 11 is 0. The van der Waals surface area contributed by atoms with Gasteiger partial charge in [0.25, 0.3) is 0 Å². The van der Waals surface area contributed by atoms with Crippen molar-refractivity contribution in [3.8, 4) is 0 Å². The quantitative estimate of drug-likeness (QED) is 0.452. The first kappa shape index (κ1) is 20.5. The Balaban J connectivity index is 2.11. The average Bonchev–Trinajstić information content (AvgIpc) is 2.81. The minimum absolute atomic E-state index is 0.327. The molecular weight excluding hydrogens is 308 g/mol. The molecule has 2 aliphatic carbocycles. The Morgan fingerprint density at radius 1 is 1.17 bits per heavy atom. The molecule has 2 aliphatic rings. The van der Waals surface area contributed by atoms with Crippen LogP contribution in [-0.2, 0) is 4.43 Å². The summed E-state index contributed by atoms with van der Waals surface area (Å²) in [6, 6.07) is 0. The molecule has 0 aromatic carbocycles. The molecule has 142 valence electrons. The smallest absolute Gasteiger partial charge is 0.192 e. The van der Waals surface area contributed by atoms with Crippen LogP contribution in [0.25, 0.3) is 0 Å². The average molecular weight is 353 g/mol. The van der Waals surface area contributed by atoms with E-state index in [1.165, 1.54) is 51.4 Å². The van der Waals surface area contributed by atoms with Gasteiger partial charge >= 0.3 is 0 Å². The predicted molar refractivity (Wildman–Crippen MR) is 109 cm³/mol. The van der Waals surface area contributed by atoms with Crippen molar-refractivity contribution in [2.75, 3.05) is 0 Å². The van der Waals surface area contributed by atoms with E-state index in [4.69, 9.17) is 4.43 Å². The van der Waals surface area contributed by atoms with Crippen LogP contribution in [0.1, 0.15) is 92.9 Å². The van der Waals surface area contributed by atoms with Crippen LogP contribution in [-0.4, -0.2) is 14.4 Å². The third-order valence-corrected chi connectivity index (χ3v) is 12.6. The van der Waals surface area contributed by atoms with Crippen LogP contribution in [0.5, 0.6) is 0 Å². The molecule has 1 nitrogen and oxygen atoms in total. The van der Waals surface area contributed by atoms with Crippen molar-refractivity contribution < 1.29 is 4.43 Å². The van der Waals surface area contributed by atoms with E-state index in [1.807, 2.05) is 0 Å². The lowest BCUT2D eigenvalue weighted by Crippen LogP contribution is -2.50. The lowest BCUT2D eigenvalue weighted by molar-refractivity contribution is -0.0212. The summed E-state index contributed by atoms with van der Waals surface area (Å²) in [5.41, 5.74) is 0.540. The van der Waals surface area contributed by atoms with E-state index in [2.05, 4.69) is 54.6 Å². The summed E-state index contributed by atoms with van der Waals surface area (Å²) in [5.74, 6) is 2.64. The van der Waals surface area contributed by atoms with E-state index in [9.17, 15) is 0 Å². The minimum atomic E-state index is -1.66. The van der Waals surface area contributed by atoms with Crippen LogP contribution < -0.4 is 0 Å². The monoisotopic (exact) mass is 352 g/mol. The van der Waals surface area contributed by atoms with E-state index >= 15 is 0 Å². The van der Waals surface area contributed by atoms with Gasteiger partial charge in [0.1, 0.15) is 0 Å².